The van der Waals surface area contributed by atoms with Crippen LogP contribution in [0.2, 0.25) is 0 Å². The molecule has 0 nitrogen and oxygen atoms in total. The number of rotatable bonds is 0. The van der Waals surface area contributed by atoms with Gasteiger partial charge in [0.2, 0.25) is 0 Å². The van der Waals surface area contributed by atoms with Crippen molar-refractivity contribution in [1.82, 2.24) is 0 Å². The van der Waals surface area contributed by atoms with Gasteiger partial charge in [0.1, 0.15) is 0 Å². The Morgan fingerprint density at radius 2 is 1.80 bits per heavy atom. The van der Waals surface area contributed by atoms with Crippen molar-refractivity contribution in [2.45, 2.75) is 59.8 Å². The number of allylic oxidation sites excluding steroid dienone is 4. The predicted octanol–water partition coefficient (Wildman–Crippen LogP) is 4.87. The fourth-order valence-electron chi connectivity index (χ4n) is 3.66. The normalized spacial score (nSPS) is 48.3. The molecule has 0 N–H and O–H groups in total. The van der Waals surface area contributed by atoms with Gasteiger partial charge in [-0.2, -0.15) is 0 Å². The molecule has 0 amide bonds. The van der Waals surface area contributed by atoms with Crippen molar-refractivity contribution < 1.29 is 0 Å². The molecule has 84 valence electrons. The summed E-state index contributed by atoms with van der Waals surface area (Å²) in [6.45, 7) is 9.58. The van der Waals surface area contributed by atoms with E-state index in [1.165, 1.54) is 37.7 Å². The summed E-state index contributed by atoms with van der Waals surface area (Å²) >= 11 is 0. The summed E-state index contributed by atoms with van der Waals surface area (Å²) in [5.74, 6) is 0. The zero-order chi connectivity index (χ0) is 11.1. The van der Waals surface area contributed by atoms with Gasteiger partial charge >= 0.3 is 0 Å². The molecule has 0 aromatic heterocycles. The first-order valence-corrected chi connectivity index (χ1v) is 6.33. The summed E-state index contributed by atoms with van der Waals surface area (Å²) in [5.41, 5.74) is 4.08. The van der Waals surface area contributed by atoms with Crippen LogP contribution in [-0.2, 0) is 0 Å². The molecule has 0 aliphatic heterocycles. The van der Waals surface area contributed by atoms with Crippen LogP contribution in [0.1, 0.15) is 59.8 Å². The Labute approximate surface area is 94.5 Å². The second-order valence-electron chi connectivity index (χ2n) is 6.06. The van der Waals surface area contributed by atoms with Crippen LogP contribution in [-0.4, -0.2) is 0 Å². The Balaban J connectivity index is 2.44. The first kappa shape index (κ1) is 11.0. The number of hydrogen-bond donors (Lipinski definition) is 0. The maximum Gasteiger partial charge on any atom is -0.00621 e. The van der Waals surface area contributed by atoms with E-state index in [0.717, 1.165) is 0 Å². The third kappa shape index (κ3) is 1.58. The molecule has 2 atom stereocenters. The van der Waals surface area contributed by atoms with Crippen LogP contribution >= 0.6 is 0 Å². The third-order valence-corrected chi connectivity index (χ3v) is 5.21. The van der Waals surface area contributed by atoms with E-state index in [1.807, 2.05) is 0 Å². The molecule has 2 unspecified atom stereocenters. The van der Waals surface area contributed by atoms with Gasteiger partial charge in [-0.1, -0.05) is 43.6 Å². The van der Waals surface area contributed by atoms with E-state index in [1.54, 1.807) is 5.57 Å². The highest BCUT2D eigenvalue weighted by atomic mass is 14.5. The van der Waals surface area contributed by atoms with Crippen LogP contribution in [0.5, 0.6) is 0 Å². The van der Waals surface area contributed by atoms with Crippen LogP contribution < -0.4 is 0 Å². The van der Waals surface area contributed by atoms with Gasteiger partial charge in [0, 0.05) is 0 Å². The van der Waals surface area contributed by atoms with E-state index < -0.39 is 0 Å². The molecule has 0 heterocycles. The maximum absolute atomic E-state index is 2.51. The number of fused-ring (bicyclic) bond motifs is 1. The highest BCUT2D eigenvalue weighted by Gasteiger charge is 2.48. The van der Waals surface area contributed by atoms with Gasteiger partial charge < -0.3 is 0 Å². The highest BCUT2D eigenvalue weighted by molar-refractivity contribution is 5.29. The van der Waals surface area contributed by atoms with Gasteiger partial charge in [-0.25, -0.2) is 0 Å². The summed E-state index contributed by atoms with van der Waals surface area (Å²) in [4.78, 5) is 0. The van der Waals surface area contributed by atoms with E-state index in [9.17, 15) is 0 Å². The molecule has 2 rings (SSSR count). The van der Waals surface area contributed by atoms with Gasteiger partial charge in [-0.3, -0.25) is 0 Å². The van der Waals surface area contributed by atoms with Crippen molar-refractivity contribution in [3.63, 3.8) is 0 Å². The summed E-state index contributed by atoms with van der Waals surface area (Å²) in [7, 11) is 0. The van der Waals surface area contributed by atoms with Crippen molar-refractivity contribution in [2.24, 2.45) is 10.8 Å². The lowest BCUT2D eigenvalue weighted by Gasteiger charge is -2.43. The van der Waals surface area contributed by atoms with Crippen LogP contribution in [0.15, 0.2) is 23.3 Å². The van der Waals surface area contributed by atoms with E-state index in [-0.39, 0.29) is 0 Å². The molecule has 1 saturated carbocycles. The first-order valence-electron chi connectivity index (χ1n) is 6.33. The Bertz CT molecular complexity index is 321. The molecule has 2 aliphatic carbocycles. The van der Waals surface area contributed by atoms with Gasteiger partial charge in [-0.15, -0.1) is 0 Å². The minimum atomic E-state index is 0.461. The minimum Gasteiger partial charge on any atom is -0.0816 e. The van der Waals surface area contributed by atoms with Gasteiger partial charge in [0.15, 0.2) is 0 Å². The van der Waals surface area contributed by atoms with Gasteiger partial charge in [0.25, 0.3) is 0 Å². The summed E-state index contributed by atoms with van der Waals surface area (Å²) in [6.07, 6.45) is 11.7. The van der Waals surface area contributed by atoms with Crippen molar-refractivity contribution in [2.75, 3.05) is 0 Å². The molecule has 15 heavy (non-hydrogen) atoms. The fraction of sp³-hybridized carbons (Fsp3) is 0.733. The van der Waals surface area contributed by atoms with Crippen LogP contribution in [0, 0.1) is 10.8 Å². The second-order valence-corrected chi connectivity index (χ2v) is 6.06. The van der Waals surface area contributed by atoms with E-state index >= 15 is 0 Å². The quantitative estimate of drug-likeness (QED) is 0.528. The summed E-state index contributed by atoms with van der Waals surface area (Å²) in [6, 6.07) is 0. The highest BCUT2D eigenvalue weighted by Crippen LogP contribution is 2.59. The van der Waals surface area contributed by atoms with Crippen molar-refractivity contribution >= 4 is 0 Å². The van der Waals surface area contributed by atoms with Crippen molar-refractivity contribution in [3.05, 3.63) is 23.3 Å². The molecular formula is C15H24. The molecule has 0 heteroatoms. The van der Waals surface area contributed by atoms with Gasteiger partial charge in [0.05, 0.1) is 0 Å². The minimum absolute atomic E-state index is 0.461. The number of hydrogen-bond acceptors (Lipinski definition) is 0. The average Bonchev–Trinajstić information content (AvgIpc) is 2.43. The zero-order valence-corrected chi connectivity index (χ0v) is 10.7. The third-order valence-electron chi connectivity index (χ3n) is 5.21. The average molecular weight is 204 g/mol. The Morgan fingerprint density at radius 3 is 2.53 bits per heavy atom. The summed E-state index contributed by atoms with van der Waals surface area (Å²) in [5, 5.41) is 0. The zero-order valence-electron chi connectivity index (χ0n) is 10.7. The lowest BCUT2D eigenvalue weighted by Crippen LogP contribution is -2.34. The largest absolute Gasteiger partial charge is 0.0816 e. The van der Waals surface area contributed by atoms with E-state index in [0.29, 0.717) is 10.8 Å². The SMILES string of the molecule is CC1=C/CCC2(C)CCCC2(C)/C(C)=C\1. The smallest absolute Gasteiger partial charge is 0.00621 e. The van der Waals surface area contributed by atoms with E-state index in [2.05, 4.69) is 39.8 Å². The predicted molar refractivity (Wildman–Crippen MR) is 66.8 cm³/mol. The topological polar surface area (TPSA) is 0 Å². The maximum atomic E-state index is 2.51. The molecule has 0 aromatic rings. The molecule has 0 spiro atoms. The fourth-order valence-corrected chi connectivity index (χ4v) is 3.66. The monoisotopic (exact) mass is 204 g/mol. The molecule has 1 fully saturated rings. The molecule has 0 bridgehead atoms. The van der Waals surface area contributed by atoms with Crippen LogP contribution in [0.4, 0.5) is 0 Å². The molecule has 0 radical (unpaired) electrons. The van der Waals surface area contributed by atoms with Crippen molar-refractivity contribution in [1.29, 1.82) is 0 Å². The van der Waals surface area contributed by atoms with Crippen molar-refractivity contribution in [3.8, 4) is 0 Å². The molecular weight excluding hydrogens is 180 g/mol. The van der Waals surface area contributed by atoms with Crippen LogP contribution in [0.3, 0.4) is 0 Å². The Hall–Kier alpha value is -0.520. The second kappa shape index (κ2) is 3.50. The van der Waals surface area contributed by atoms with Crippen LogP contribution in [0.25, 0.3) is 0 Å². The molecule has 0 aromatic carbocycles. The Morgan fingerprint density at radius 1 is 1.07 bits per heavy atom. The lowest BCUT2D eigenvalue weighted by atomic mass is 9.61. The lowest BCUT2D eigenvalue weighted by molar-refractivity contribution is 0.138. The molecule has 2 aliphatic rings. The standard InChI is InChI=1S/C15H24/c1-12-7-5-8-14(3)9-6-10-15(14,4)13(2)11-12/h7,11H,5-6,8-10H2,1-4H3/b12-7-,13-11-. The van der Waals surface area contributed by atoms with Gasteiger partial charge in [-0.05, 0) is 50.4 Å². The molecule has 0 saturated heterocycles. The van der Waals surface area contributed by atoms with E-state index in [4.69, 9.17) is 0 Å². The Kier molecular flexibility index (Phi) is 2.56. The summed E-state index contributed by atoms with van der Waals surface area (Å²) < 4.78 is 0. The first-order chi connectivity index (χ1) is 6.98.